The molecule has 2 unspecified atom stereocenters. The van der Waals surface area contributed by atoms with E-state index >= 15 is 0 Å². The fraction of sp³-hybridized carbons (Fsp3) is 1.00. The Morgan fingerprint density at radius 1 is 1.12 bits per heavy atom. The second-order valence-electron chi connectivity index (χ2n) is 5.78. The summed E-state index contributed by atoms with van der Waals surface area (Å²) in [5.41, 5.74) is 0.167. The van der Waals surface area contributed by atoms with Crippen LogP contribution in [0.15, 0.2) is 0 Å². The summed E-state index contributed by atoms with van der Waals surface area (Å²) in [6.45, 7) is 5.33. The third-order valence-electron chi connectivity index (χ3n) is 3.33. The van der Waals surface area contributed by atoms with Crippen molar-refractivity contribution in [2.75, 3.05) is 6.61 Å². The van der Waals surface area contributed by atoms with E-state index in [0.717, 1.165) is 25.7 Å². The Kier molecular flexibility index (Phi) is 4.27. The van der Waals surface area contributed by atoms with Gasteiger partial charge in [-0.1, -0.05) is 27.2 Å². The maximum Gasteiger partial charge on any atom is 0.411 e. The molecule has 4 heteroatoms. The van der Waals surface area contributed by atoms with Crippen LogP contribution in [0.3, 0.4) is 0 Å². The zero-order valence-electron chi connectivity index (χ0n) is 10.2. The Morgan fingerprint density at radius 3 is 2.25 bits per heavy atom. The largest absolute Gasteiger partial charge is 0.411 e. The lowest BCUT2D eigenvalue weighted by molar-refractivity contribution is -0.190. The number of halogens is 3. The molecule has 0 heterocycles. The maximum absolute atomic E-state index is 12.0. The molecule has 96 valence electrons. The van der Waals surface area contributed by atoms with E-state index in [2.05, 4.69) is 20.8 Å². The molecule has 2 atom stereocenters. The number of ether oxygens (including phenoxy) is 1. The fourth-order valence-electron chi connectivity index (χ4n) is 2.30. The molecule has 0 aliphatic heterocycles. The molecule has 0 saturated heterocycles. The molecule has 0 aromatic carbocycles. The molecule has 1 fully saturated rings. The second-order valence-corrected chi connectivity index (χ2v) is 5.78. The van der Waals surface area contributed by atoms with Gasteiger partial charge in [-0.3, -0.25) is 0 Å². The van der Waals surface area contributed by atoms with Crippen molar-refractivity contribution >= 4 is 0 Å². The first-order chi connectivity index (χ1) is 7.18. The van der Waals surface area contributed by atoms with Crippen LogP contribution in [0.4, 0.5) is 13.2 Å². The summed E-state index contributed by atoms with van der Waals surface area (Å²) in [6.07, 6.45) is -0.795. The van der Waals surface area contributed by atoms with Crippen molar-refractivity contribution in [1.82, 2.24) is 0 Å². The smallest absolute Gasteiger partial charge is 0.369 e. The molecule has 0 N–H and O–H groups in total. The highest BCUT2D eigenvalue weighted by molar-refractivity contribution is 4.81. The molecule has 0 amide bonds. The van der Waals surface area contributed by atoms with Crippen LogP contribution in [0, 0.1) is 11.3 Å². The van der Waals surface area contributed by atoms with Crippen molar-refractivity contribution in [3.8, 4) is 0 Å². The van der Waals surface area contributed by atoms with Gasteiger partial charge < -0.3 is 4.74 Å². The zero-order chi connectivity index (χ0) is 12.4. The summed E-state index contributed by atoms with van der Waals surface area (Å²) in [4.78, 5) is 0. The van der Waals surface area contributed by atoms with Gasteiger partial charge in [0.2, 0.25) is 0 Å². The molecular formula is C12H21F3O. The second kappa shape index (κ2) is 4.94. The van der Waals surface area contributed by atoms with Crippen LogP contribution in [0.25, 0.3) is 0 Å². The molecule has 16 heavy (non-hydrogen) atoms. The Labute approximate surface area is 95.4 Å². The van der Waals surface area contributed by atoms with Crippen molar-refractivity contribution < 1.29 is 17.9 Å². The summed E-state index contributed by atoms with van der Waals surface area (Å²) in [5.74, 6) is 0.472. The van der Waals surface area contributed by atoms with Gasteiger partial charge in [0.1, 0.15) is 6.61 Å². The topological polar surface area (TPSA) is 9.23 Å². The average molecular weight is 238 g/mol. The van der Waals surface area contributed by atoms with E-state index in [0.29, 0.717) is 5.92 Å². The molecule has 0 aromatic rings. The summed E-state index contributed by atoms with van der Waals surface area (Å²) in [7, 11) is 0. The highest BCUT2D eigenvalue weighted by Crippen LogP contribution is 2.38. The van der Waals surface area contributed by atoms with Crippen LogP contribution in [0.1, 0.15) is 46.5 Å². The molecule has 1 aliphatic rings. The van der Waals surface area contributed by atoms with Gasteiger partial charge in [-0.25, -0.2) is 0 Å². The van der Waals surface area contributed by atoms with Gasteiger partial charge in [0.25, 0.3) is 0 Å². The number of hydrogen-bond acceptors (Lipinski definition) is 1. The normalized spacial score (nSPS) is 28.1. The van der Waals surface area contributed by atoms with Gasteiger partial charge >= 0.3 is 6.18 Å². The van der Waals surface area contributed by atoms with E-state index in [1.807, 2.05) is 0 Å². The van der Waals surface area contributed by atoms with Crippen LogP contribution in [-0.4, -0.2) is 18.9 Å². The van der Waals surface area contributed by atoms with Gasteiger partial charge in [-0.15, -0.1) is 0 Å². The Bertz CT molecular complexity index is 217. The summed E-state index contributed by atoms with van der Waals surface area (Å²) < 4.78 is 41.0. The van der Waals surface area contributed by atoms with E-state index in [4.69, 9.17) is 4.74 Å². The molecule has 1 aliphatic carbocycles. The van der Waals surface area contributed by atoms with Crippen LogP contribution >= 0.6 is 0 Å². The van der Waals surface area contributed by atoms with Gasteiger partial charge in [0, 0.05) is 0 Å². The van der Waals surface area contributed by atoms with E-state index in [1.165, 1.54) is 0 Å². The minimum atomic E-state index is -4.20. The number of rotatable bonds is 2. The lowest BCUT2D eigenvalue weighted by Gasteiger charge is -2.37. The van der Waals surface area contributed by atoms with Crippen molar-refractivity contribution in [3.63, 3.8) is 0 Å². The van der Waals surface area contributed by atoms with Crippen LogP contribution < -0.4 is 0 Å². The lowest BCUT2D eigenvalue weighted by atomic mass is 9.71. The van der Waals surface area contributed by atoms with Crippen molar-refractivity contribution in [1.29, 1.82) is 0 Å². The summed E-state index contributed by atoms with van der Waals surface area (Å²) >= 11 is 0. The predicted octanol–water partition coefficient (Wildman–Crippen LogP) is 4.17. The highest BCUT2D eigenvalue weighted by atomic mass is 19.4. The maximum atomic E-state index is 12.0. The first kappa shape index (κ1) is 13.8. The van der Waals surface area contributed by atoms with Crippen molar-refractivity contribution in [3.05, 3.63) is 0 Å². The van der Waals surface area contributed by atoms with E-state index in [9.17, 15) is 13.2 Å². The first-order valence-electron chi connectivity index (χ1n) is 5.87. The van der Waals surface area contributed by atoms with Gasteiger partial charge in [-0.05, 0) is 30.6 Å². The van der Waals surface area contributed by atoms with E-state index < -0.39 is 12.8 Å². The first-order valence-corrected chi connectivity index (χ1v) is 5.87. The molecule has 1 rings (SSSR count). The summed E-state index contributed by atoms with van der Waals surface area (Å²) in [6, 6.07) is 0. The van der Waals surface area contributed by atoms with Gasteiger partial charge in [-0.2, -0.15) is 13.2 Å². The highest BCUT2D eigenvalue weighted by Gasteiger charge is 2.34. The zero-order valence-corrected chi connectivity index (χ0v) is 10.2. The quantitative estimate of drug-likeness (QED) is 0.701. The molecule has 0 bridgehead atoms. The monoisotopic (exact) mass is 238 g/mol. The van der Waals surface area contributed by atoms with Crippen LogP contribution in [0.2, 0.25) is 0 Å². The number of alkyl halides is 3. The van der Waals surface area contributed by atoms with Gasteiger partial charge in [0.15, 0.2) is 0 Å². The minimum absolute atomic E-state index is 0.167. The molecule has 0 aromatic heterocycles. The van der Waals surface area contributed by atoms with E-state index in [-0.39, 0.29) is 11.5 Å². The molecular weight excluding hydrogens is 217 g/mol. The fourth-order valence-corrected chi connectivity index (χ4v) is 2.30. The Hall–Kier alpha value is -0.250. The third-order valence-corrected chi connectivity index (χ3v) is 3.33. The standard InChI is InChI=1S/C12H21F3O/c1-11(2,3)9-5-4-6-10(7-9)16-8-12(13,14)15/h9-10H,4-8H2,1-3H3. The van der Waals surface area contributed by atoms with E-state index in [1.54, 1.807) is 0 Å². The Balaban J connectivity index is 2.39. The third kappa shape index (κ3) is 4.73. The Morgan fingerprint density at radius 2 is 1.75 bits per heavy atom. The predicted molar refractivity (Wildman–Crippen MR) is 57.2 cm³/mol. The number of hydrogen-bond donors (Lipinski definition) is 0. The molecule has 1 nitrogen and oxygen atoms in total. The minimum Gasteiger partial charge on any atom is -0.369 e. The average Bonchev–Trinajstić information content (AvgIpc) is 2.13. The van der Waals surface area contributed by atoms with Crippen molar-refractivity contribution in [2.24, 2.45) is 11.3 Å². The van der Waals surface area contributed by atoms with Crippen LogP contribution in [-0.2, 0) is 4.74 Å². The van der Waals surface area contributed by atoms with Crippen LogP contribution in [0.5, 0.6) is 0 Å². The van der Waals surface area contributed by atoms with Gasteiger partial charge in [0.05, 0.1) is 6.10 Å². The summed E-state index contributed by atoms with van der Waals surface area (Å²) in [5, 5.41) is 0. The van der Waals surface area contributed by atoms with Crippen molar-refractivity contribution in [2.45, 2.75) is 58.7 Å². The SMILES string of the molecule is CC(C)(C)C1CCCC(OCC(F)(F)F)C1. The lowest BCUT2D eigenvalue weighted by Crippen LogP contribution is -2.32. The molecule has 1 saturated carbocycles. The molecule has 0 spiro atoms. The molecule has 0 radical (unpaired) electrons.